The van der Waals surface area contributed by atoms with Crippen LogP contribution in [0.4, 0.5) is 0 Å². The molecule has 3 N–H and O–H groups in total. The Bertz CT molecular complexity index is 416. The molecule has 0 spiro atoms. The average Bonchev–Trinajstić information content (AvgIpc) is 2.25. The van der Waals surface area contributed by atoms with E-state index in [9.17, 15) is 14.7 Å². The van der Waals surface area contributed by atoms with Crippen LogP contribution < -0.4 is 10.6 Å². The van der Waals surface area contributed by atoms with Crippen LogP contribution in [-0.4, -0.2) is 30.5 Å². The van der Waals surface area contributed by atoms with Crippen molar-refractivity contribution in [3.05, 3.63) is 29.3 Å². The third kappa shape index (κ3) is 2.98. The number of benzene rings is 1. The van der Waals surface area contributed by atoms with Crippen LogP contribution in [0.2, 0.25) is 0 Å². The Labute approximate surface area is 93.5 Å². The third-order valence-electron chi connectivity index (χ3n) is 2.14. The van der Waals surface area contributed by atoms with E-state index in [4.69, 9.17) is 0 Å². The molecule has 1 aromatic rings. The van der Waals surface area contributed by atoms with Gasteiger partial charge in [0.1, 0.15) is 5.75 Å². The minimum absolute atomic E-state index is 0.0599. The molecule has 0 aliphatic carbocycles. The van der Waals surface area contributed by atoms with Crippen molar-refractivity contribution in [2.24, 2.45) is 0 Å². The second kappa shape index (κ2) is 5.16. The van der Waals surface area contributed by atoms with Gasteiger partial charge in [-0.1, -0.05) is 0 Å². The smallest absolute Gasteiger partial charge is 0.251 e. The van der Waals surface area contributed by atoms with Crippen LogP contribution in [0.5, 0.6) is 5.75 Å². The van der Waals surface area contributed by atoms with Crippen molar-refractivity contribution in [3.8, 4) is 5.75 Å². The normalized spacial score (nSPS) is 9.62. The molecule has 0 saturated heterocycles. The maximum atomic E-state index is 11.6. The molecule has 1 rings (SSSR count). The number of phenolic OH excluding ortho intramolecular Hbond substituents is 1. The second-order valence-corrected chi connectivity index (χ2v) is 3.36. The largest absolute Gasteiger partial charge is 0.508 e. The van der Waals surface area contributed by atoms with E-state index < -0.39 is 0 Å². The lowest BCUT2D eigenvalue weighted by atomic mass is 10.1. The van der Waals surface area contributed by atoms with Crippen LogP contribution in [0.15, 0.2) is 18.2 Å². The van der Waals surface area contributed by atoms with Gasteiger partial charge in [0.2, 0.25) is 5.91 Å². The number of nitrogens with one attached hydrogen (secondary N) is 2. The average molecular weight is 222 g/mol. The van der Waals surface area contributed by atoms with Gasteiger partial charge in [-0.2, -0.15) is 0 Å². The van der Waals surface area contributed by atoms with E-state index in [0.717, 1.165) is 0 Å². The molecule has 0 unspecified atom stereocenters. The Morgan fingerprint density at radius 1 is 1.38 bits per heavy atom. The molecule has 16 heavy (non-hydrogen) atoms. The summed E-state index contributed by atoms with van der Waals surface area (Å²) < 4.78 is 0. The molecule has 0 fully saturated rings. The third-order valence-corrected chi connectivity index (χ3v) is 2.14. The maximum absolute atomic E-state index is 11.6. The van der Waals surface area contributed by atoms with Gasteiger partial charge in [0, 0.05) is 12.6 Å². The zero-order chi connectivity index (χ0) is 12.1. The summed E-state index contributed by atoms with van der Waals surface area (Å²) >= 11 is 0. The zero-order valence-electron chi connectivity index (χ0n) is 9.20. The molecule has 5 heteroatoms. The Balaban J connectivity index is 2.70. The summed E-state index contributed by atoms with van der Waals surface area (Å²) in [6, 6.07) is 4.44. The van der Waals surface area contributed by atoms with Crippen LogP contribution in [-0.2, 0) is 4.79 Å². The maximum Gasteiger partial charge on any atom is 0.251 e. The van der Waals surface area contributed by atoms with E-state index >= 15 is 0 Å². The molecule has 0 aliphatic rings. The highest BCUT2D eigenvalue weighted by atomic mass is 16.3. The number of likely N-dealkylation sites (N-methyl/N-ethyl adjacent to an activating group) is 1. The zero-order valence-corrected chi connectivity index (χ0v) is 9.20. The van der Waals surface area contributed by atoms with Crippen molar-refractivity contribution in [1.82, 2.24) is 10.6 Å². The molecule has 1 aromatic carbocycles. The Morgan fingerprint density at radius 3 is 2.62 bits per heavy atom. The van der Waals surface area contributed by atoms with E-state index in [-0.39, 0.29) is 24.1 Å². The van der Waals surface area contributed by atoms with Gasteiger partial charge in [-0.25, -0.2) is 0 Å². The van der Waals surface area contributed by atoms with Crippen molar-refractivity contribution in [2.45, 2.75) is 6.92 Å². The molecule has 2 amide bonds. The number of carbonyl (C=O) groups excluding carboxylic acids is 2. The minimum atomic E-state index is -0.332. The number of aromatic hydroxyl groups is 1. The molecule has 0 bridgehead atoms. The first-order chi connectivity index (χ1) is 7.54. The molecule has 0 saturated carbocycles. The predicted octanol–water partition coefficient (Wildman–Crippen LogP) is 0.176. The van der Waals surface area contributed by atoms with Gasteiger partial charge in [-0.15, -0.1) is 0 Å². The van der Waals surface area contributed by atoms with E-state index in [0.29, 0.717) is 11.1 Å². The Hall–Kier alpha value is -2.04. The first-order valence-corrected chi connectivity index (χ1v) is 4.83. The van der Waals surface area contributed by atoms with Gasteiger partial charge < -0.3 is 15.7 Å². The highest BCUT2D eigenvalue weighted by Crippen LogP contribution is 2.15. The summed E-state index contributed by atoms with van der Waals surface area (Å²) in [5, 5.41) is 14.1. The lowest BCUT2D eigenvalue weighted by molar-refractivity contribution is -0.119. The quantitative estimate of drug-likeness (QED) is 0.682. The second-order valence-electron chi connectivity index (χ2n) is 3.36. The van der Waals surface area contributed by atoms with Crippen LogP contribution >= 0.6 is 0 Å². The Morgan fingerprint density at radius 2 is 2.06 bits per heavy atom. The number of carbonyl (C=O) groups is 2. The minimum Gasteiger partial charge on any atom is -0.508 e. The number of phenols is 1. The monoisotopic (exact) mass is 222 g/mol. The molecule has 0 heterocycles. The molecule has 86 valence electrons. The van der Waals surface area contributed by atoms with Gasteiger partial charge in [-0.05, 0) is 30.7 Å². The first kappa shape index (κ1) is 12.0. The fourth-order valence-corrected chi connectivity index (χ4v) is 1.25. The number of aryl methyl sites for hydroxylation is 1. The van der Waals surface area contributed by atoms with Crippen molar-refractivity contribution in [1.29, 1.82) is 0 Å². The number of hydrogen-bond donors (Lipinski definition) is 3. The first-order valence-electron chi connectivity index (χ1n) is 4.83. The van der Waals surface area contributed by atoms with Crippen LogP contribution in [0.3, 0.4) is 0 Å². The number of amides is 2. The van der Waals surface area contributed by atoms with Gasteiger partial charge >= 0.3 is 0 Å². The van der Waals surface area contributed by atoms with Crippen LogP contribution in [0, 0.1) is 6.92 Å². The van der Waals surface area contributed by atoms with E-state index in [1.54, 1.807) is 6.92 Å². The summed E-state index contributed by atoms with van der Waals surface area (Å²) in [6.45, 7) is 1.66. The van der Waals surface area contributed by atoms with Gasteiger partial charge in [0.05, 0.1) is 6.54 Å². The lowest BCUT2D eigenvalue weighted by Crippen LogP contribution is -2.35. The molecule has 0 atom stereocenters. The summed E-state index contributed by atoms with van der Waals surface area (Å²) in [5.74, 6) is -0.480. The fourth-order valence-electron chi connectivity index (χ4n) is 1.25. The number of rotatable bonds is 3. The van der Waals surface area contributed by atoms with Crippen molar-refractivity contribution >= 4 is 11.8 Å². The predicted molar refractivity (Wildman–Crippen MR) is 59.2 cm³/mol. The Kier molecular flexibility index (Phi) is 3.88. The van der Waals surface area contributed by atoms with Crippen LogP contribution in [0.1, 0.15) is 15.9 Å². The topological polar surface area (TPSA) is 78.4 Å². The molecule has 5 nitrogen and oxygen atoms in total. The van der Waals surface area contributed by atoms with E-state index in [1.165, 1.54) is 25.2 Å². The SMILES string of the molecule is CNC(=O)CNC(=O)c1ccc(O)cc1C. The van der Waals surface area contributed by atoms with Crippen molar-refractivity contribution in [3.63, 3.8) is 0 Å². The molecular weight excluding hydrogens is 208 g/mol. The standard InChI is InChI=1S/C11H14N2O3/c1-7-5-8(14)3-4-9(7)11(16)13-6-10(15)12-2/h3-5,14H,6H2,1-2H3,(H,12,15)(H,13,16). The fraction of sp³-hybridized carbons (Fsp3) is 0.273. The van der Waals surface area contributed by atoms with Gasteiger partial charge in [0.25, 0.3) is 5.91 Å². The highest BCUT2D eigenvalue weighted by molar-refractivity contribution is 5.97. The van der Waals surface area contributed by atoms with Gasteiger partial charge in [0.15, 0.2) is 0 Å². The molecular formula is C11H14N2O3. The molecule has 0 radical (unpaired) electrons. The van der Waals surface area contributed by atoms with Crippen molar-refractivity contribution in [2.75, 3.05) is 13.6 Å². The van der Waals surface area contributed by atoms with Crippen molar-refractivity contribution < 1.29 is 14.7 Å². The van der Waals surface area contributed by atoms with Crippen LogP contribution in [0.25, 0.3) is 0 Å². The van der Waals surface area contributed by atoms with E-state index in [1.807, 2.05) is 0 Å². The van der Waals surface area contributed by atoms with Gasteiger partial charge in [-0.3, -0.25) is 9.59 Å². The summed E-state index contributed by atoms with van der Waals surface area (Å²) in [6.07, 6.45) is 0. The number of hydrogen-bond acceptors (Lipinski definition) is 3. The molecule has 0 aliphatic heterocycles. The highest BCUT2D eigenvalue weighted by Gasteiger charge is 2.09. The van der Waals surface area contributed by atoms with E-state index in [2.05, 4.69) is 10.6 Å². The summed E-state index contributed by atoms with van der Waals surface area (Å²) in [5.41, 5.74) is 1.11. The summed E-state index contributed by atoms with van der Waals surface area (Å²) in [7, 11) is 1.50. The lowest BCUT2D eigenvalue weighted by Gasteiger charge is -2.07. The summed E-state index contributed by atoms with van der Waals surface area (Å²) in [4.78, 5) is 22.5. The molecule has 0 aromatic heterocycles.